The molecule has 174 valence electrons. The summed E-state index contributed by atoms with van der Waals surface area (Å²) in [6.07, 6.45) is 4.24. The maximum Gasteiger partial charge on any atom is 0.266 e. The molecule has 2 amide bonds. The first kappa shape index (κ1) is 24.7. The highest BCUT2D eigenvalue weighted by atomic mass is 32.2. The first-order chi connectivity index (χ1) is 15.9. The van der Waals surface area contributed by atoms with Gasteiger partial charge in [-0.05, 0) is 67.8 Å². The highest BCUT2D eigenvalue weighted by Gasteiger charge is 2.31. The third-order valence-corrected chi connectivity index (χ3v) is 6.25. The quantitative estimate of drug-likeness (QED) is 0.267. The summed E-state index contributed by atoms with van der Waals surface area (Å²) < 4.78 is 18.8. The summed E-state index contributed by atoms with van der Waals surface area (Å²) in [7, 11) is 0. The van der Waals surface area contributed by atoms with Gasteiger partial charge < -0.3 is 15.2 Å². The van der Waals surface area contributed by atoms with Crippen LogP contribution in [0.3, 0.4) is 0 Å². The number of thioether (sulfide) groups is 1. The molecule has 0 bridgehead atoms. The second-order valence-electron chi connectivity index (χ2n) is 7.36. The standard InChI is InChI=1S/C24H25FN2O4S2/c1-2-31-20-14-16(7-12-19(20)28)15-21-23(30)27(24(32)33-21)13-5-3-4-6-22(29)26-18-10-8-17(25)9-11-18/h7-12,14-15,28H,2-6,13H2,1H3,(H,26,29)/b21-15-. The zero-order valence-corrected chi connectivity index (χ0v) is 19.8. The number of nitrogens with one attached hydrogen (secondary N) is 1. The Hall–Kier alpha value is -2.91. The Morgan fingerprint density at radius 2 is 1.97 bits per heavy atom. The van der Waals surface area contributed by atoms with Gasteiger partial charge in [0.05, 0.1) is 11.5 Å². The van der Waals surface area contributed by atoms with E-state index < -0.39 is 0 Å². The van der Waals surface area contributed by atoms with Crippen molar-refractivity contribution in [2.24, 2.45) is 0 Å². The van der Waals surface area contributed by atoms with Crippen molar-refractivity contribution in [3.63, 3.8) is 0 Å². The van der Waals surface area contributed by atoms with E-state index in [0.717, 1.165) is 18.4 Å². The number of carbonyl (C=O) groups is 2. The van der Waals surface area contributed by atoms with E-state index in [2.05, 4.69) is 5.32 Å². The largest absolute Gasteiger partial charge is 0.504 e. The number of carbonyl (C=O) groups excluding carboxylic acids is 2. The van der Waals surface area contributed by atoms with Crippen LogP contribution in [0.15, 0.2) is 47.4 Å². The van der Waals surface area contributed by atoms with E-state index in [1.807, 2.05) is 6.92 Å². The fraction of sp³-hybridized carbons (Fsp3) is 0.292. The number of thiocarbonyl (C=S) groups is 1. The lowest BCUT2D eigenvalue weighted by Gasteiger charge is -2.14. The zero-order valence-electron chi connectivity index (χ0n) is 18.2. The minimum Gasteiger partial charge on any atom is -0.504 e. The molecule has 2 aromatic rings. The Labute approximate surface area is 201 Å². The molecule has 3 rings (SSSR count). The molecular formula is C24H25FN2O4S2. The van der Waals surface area contributed by atoms with Crippen molar-refractivity contribution in [2.75, 3.05) is 18.5 Å². The van der Waals surface area contributed by atoms with Crippen LogP contribution in [0.2, 0.25) is 0 Å². The zero-order chi connectivity index (χ0) is 23.8. The first-order valence-corrected chi connectivity index (χ1v) is 11.9. The molecule has 0 radical (unpaired) electrons. The van der Waals surface area contributed by atoms with Gasteiger partial charge in [-0.3, -0.25) is 14.5 Å². The number of ether oxygens (including phenoxy) is 1. The summed E-state index contributed by atoms with van der Waals surface area (Å²) in [4.78, 5) is 26.9. The molecule has 33 heavy (non-hydrogen) atoms. The number of amides is 2. The smallest absolute Gasteiger partial charge is 0.266 e. The summed E-state index contributed by atoms with van der Waals surface area (Å²) in [6, 6.07) is 10.6. The lowest BCUT2D eigenvalue weighted by atomic mass is 10.1. The molecule has 1 saturated heterocycles. The maximum absolute atomic E-state index is 12.9. The van der Waals surface area contributed by atoms with Crippen LogP contribution in [0.25, 0.3) is 6.08 Å². The number of nitrogens with zero attached hydrogens (tertiary/aromatic N) is 1. The van der Waals surface area contributed by atoms with Gasteiger partial charge in [-0.15, -0.1) is 0 Å². The van der Waals surface area contributed by atoms with Crippen LogP contribution in [0.4, 0.5) is 10.1 Å². The summed E-state index contributed by atoms with van der Waals surface area (Å²) in [5.74, 6) is -0.212. The summed E-state index contributed by atoms with van der Waals surface area (Å²) in [5.41, 5.74) is 1.30. The van der Waals surface area contributed by atoms with Gasteiger partial charge in [0.1, 0.15) is 10.1 Å². The van der Waals surface area contributed by atoms with Gasteiger partial charge in [0.2, 0.25) is 5.91 Å². The molecule has 0 aliphatic carbocycles. The molecule has 6 nitrogen and oxygen atoms in total. The summed E-state index contributed by atoms with van der Waals surface area (Å²) >= 11 is 6.62. The van der Waals surface area contributed by atoms with Gasteiger partial charge in [-0.1, -0.05) is 36.5 Å². The number of halogens is 1. The van der Waals surface area contributed by atoms with Crippen molar-refractivity contribution in [3.8, 4) is 11.5 Å². The Morgan fingerprint density at radius 3 is 2.70 bits per heavy atom. The molecule has 1 heterocycles. The Balaban J connectivity index is 1.45. The van der Waals surface area contributed by atoms with E-state index in [-0.39, 0.29) is 23.4 Å². The third kappa shape index (κ3) is 7.03. The molecule has 0 unspecified atom stereocenters. The number of hydrogen-bond acceptors (Lipinski definition) is 6. The lowest BCUT2D eigenvalue weighted by Crippen LogP contribution is -2.29. The van der Waals surface area contributed by atoms with Gasteiger partial charge >= 0.3 is 0 Å². The number of hydrogen-bond donors (Lipinski definition) is 2. The van der Waals surface area contributed by atoms with Crippen molar-refractivity contribution in [1.29, 1.82) is 0 Å². The fourth-order valence-electron chi connectivity index (χ4n) is 3.22. The number of anilines is 1. The van der Waals surface area contributed by atoms with E-state index in [1.54, 1.807) is 23.1 Å². The summed E-state index contributed by atoms with van der Waals surface area (Å²) in [5, 5.41) is 12.6. The monoisotopic (exact) mass is 488 g/mol. The summed E-state index contributed by atoms with van der Waals surface area (Å²) in [6.45, 7) is 2.74. The highest BCUT2D eigenvalue weighted by molar-refractivity contribution is 8.26. The van der Waals surface area contributed by atoms with Crippen molar-refractivity contribution < 1.29 is 23.8 Å². The van der Waals surface area contributed by atoms with Crippen LogP contribution in [-0.4, -0.2) is 39.3 Å². The van der Waals surface area contributed by atoms with E-state index in [9.17, 15) is 19.1 Å². The van der Waals surface area contributed by atoms with E-state index in [4.69, 9.17) is 17.0 Å². The molecule has 0 saturated carbocycles. The number of benzene rings is 2. The number of aromatic hydroxyl groups is 1. The molecular weight excluding hydrogens is 463 g/mol. The molecule has 9 heteroatoms. The number of phenolic OH excluding ortho intramolecular Hbond substituents is 1. The molecule has 2 N–H and O–H groups in total. The molecule has 1 fully saturated rings. The number of unbranched alkanes of at least 4 members (excludes halogenated alkanes) is 2. The average Bonchev–Trinajstić information content (AvgIpc) is 3.04. The van der Waals surface area contributed by atoms with Crippen LogP contribution in [0.5, 0.6) is 11.5 Å². The van der Waals surface area contributed by atoms with Crippen molar-refractivity contribution in [3.05, 3.63) is 58.8 Å². The first-order valence-electron chi connectivity index (χ1n) is 10.6. The Kier molecular flexibility index (Phi) is 8.85. The maximum atomic E-state index is 12.9. The Bertz CT molecular complexity index is 1060. The van der Waals surface area contributed by atoms with E-state index >= 15 is 0 Å². The predicted molar refractivity (Wildman–Crippen MR) is 133 cm³/mol. The second kappa shape index (κ2) is 11.8. The van der Waals surface area contributed by atoms with Gasteiger partial charge in [-0.25, -0.2) is 4.39 Å². The van der Waals surface area contributed by atoms with E-state index in [0.29, 0.717) is 46.7 Å². The van der Waals surface area contributed by atoms with Gasteiger partial charge in [0.25, 0.3) is 5.91 Å². The SMILES string of the molecule is CCOc1cc(/C=C2\SC(=S)N(CCCCCC(=O)Nc3ccc(F)cc3)C2=O)ccc1O. The number of rotatable bonds is 10. The topological polar surface area (TPSA) is 78.9 Å². The van der Waals surface area contributed by atoms with Crippen molar-refractivity contribution in [2.45, 2.75) is 32.6 Å². The normalized spacial score (nSPS) is 14.7. The molecule has 1 aliphatic rings. The van der Waals surface area contributed by atoms with Crippen LogP contribution < -0.4 is 10.1 Å². The Morgan fingerprint density at radius 1 is 1.21 bits per heavy atom. The molecule has 1 aliphatic heterocycles. The van der Waals surface area contributed by atoms with Crippen molar-refractivity contribution in [1.82, 2.24) is 4.90 Å². The second-order valence-corrected chi connectivity index (χ2v) is 9.04. The molecule has 0 atom stereocenters. The van der Waals surface area contributed by atoms with Gasteiger partial charge in [-0.2, -0.15) is 0 Å². The molecule has 0 spiro atoms. The fourth-order valence-corrected chi connectivity index (χ4v) is 4.53. The van der Waals surface area contributed by atoms with Crippen LogP contribution >= 0.6 is 24.0 Å². The average molecular weight is 489 g/mol. The van der Waals surface area contributed by atoms with Crippen LogP contribution in [-0.2, 0) is 9.59 Å². The van der Waals surface area contributed by atoms with Crippen LogP contribution in [0, 0.1) is 5.82 Å². The van der Waals surface area contributed by atoms with Crippen LogP contribution in [0.1, 0.15) is 38.2 Å². The van der Waals surface area contributed by atoms with Gasteiger partial charge in [0.15, 0.2) is 11.5 Å². The van der Waals surface area contributed by atoms with Crippen molar-refractivity contribution >= 4 is 51.9 Å². The molecule has 0 aromatic heterocycles. The van der Waals surface area contributed by atoms with E-state index in [1.165, 1.54) is 42.1 Å². The minimum atomic E-state index is -0.350. The highest BCUT2D eigenvalue weighted by Crippen LogP contribution is 2.34. The third-order valence-electron chi connectivity index (χ3n) is 4.87. The minimum absolute atomic E-state index is 0.0490. The molecule has 2 aromatic carbocycles. The van der Waals surface area contributed by atoms with Gasteiger partial charge in [0, 0.05) is 18.7 Å². The number of phenols is 1. The lowest BCUT2D eigenvalue weighted by molar-refractivity contribution is -0.122. The predicted octanol–water partition coefficient (Wildman–Crippen LogP) is 5.33.